The van der Waals surface area contributed by atoms with E-state index in [9.17, 15) is 15.0 Å². The molecule has 0 aromatic heterocycles. The van der Waals surface area contributed by atoms with Gasteiger partial charge in [0.1, 0.15) is 5.75 Å². The molecular formula is C16H23NO3. The van der Waals surface area contributed by atoms with E-state index in [0.717, 1.165) is 25.7 Å². The highest BCUT2D eigenvalue weighted by molar-refractivity contribution is 5.96. The number of phenolic OH excluding ortho intramolecular Hbond substituents is 1. The van der Waals surface area contributed by atoms with E-state index in [4.69, 9.17) is 0 Å². The van der Waals surface area contributed by atoms with E-state index >= 15 is 0 Å². The van der Waals surface area contributed by atoms with Gasteiger partial charge in [-0.1, -0.05) is 18.9 Å². The molecule has 0 aliphatic heterocycles. The number of amides is 1. The molecule has 0 unspecified atom stereocenters. The largest absolute Gasteiger partial charge is 0.508 e. The number of benzene rings is 1. The summed E-state index contributed by atoms with van der Waals surface area (Å²) in [5.41, 5.74) is 0.148. The van der Waals surface area contributed by atoms with Gasteiger partial charge in [0.2, 0.25) is 0 Å². The molecule has 0 spiro atoms. The fourth-order valence-electron chi connectivity index (χ4n) is 2.92. The lowest BCUT2D eigenvalue weighted by atomic mass is 9.87. The van der Waals surface area contributed by atoms with Gasteiger partial charge in [0.05, 0.1) is 5.60 Å². The van der Waals surface area contributed by atoms with Crippen LogP contribution in [0.3, 0.4) is 0 Å². The van der Waals surface area contributed by atoms with Crippen molar-refractivity contribution in [2.45, 2.75) is 45.1 Å². The van der Waals surface area contributed by atoms with E-state index < -0.39 is 5.60 Å². The van der Waals surface area contributed by atoms with Crippen LogP contribution in [-0.2, 0) is 0 Å². The molecule has 1 atom stereocenters. The van der Waals surface area contributed by atoms with E-state index in [1.807, 2.05) is 0 Å². The summed E-state index contributed by atoms with van der Waals surface area (Å²) < 4.78 is 0. The number of hydrogen-bond donors (Lipinski definition) is 3. The van der Waals surface area contributed by atoms with Crippen LogP contribution in [0.1, 0.15) is 48.5 Å². The second kappa shape index (κ2) is 5.83. The van der Waals surface area contributed by atoms with Crippen molar-refractivity contribution in [1.29, 1.82) is 0 Å². The predicted octanol–water partition coefficient (Wildman–Crippen LogP) is 2.37. The third-order valence-electron chi connectivity index (χ3n) is 4.39. The maximum absolute atomic E-state index is 12.1. The summed E-state index contributed by atoms with van der Waals surface area (Å²) in [4.78, 5) is 12.1. The Labute approximate surface area is 119 Å². The minimum atomic E-state index is -0.864. The molecule has 1 fully saturated rings. The van der Waals surface area contributed by atoms with Crippen LogP contribution in [-0.4, -0.2) is 28.3 Å². The van der Waals surface area contributed by atoms with Crippen molar-refractivity contribution < 1.29 is 15.0 Å². The molecule has 20 heavy (non-hydrogen) atoms. The molecule has 1 amide bonds. The van der Waals surface area contributed by atoms with Crippen molar-refractivity contribution in [2.75, 3.05) is 6.54 Å². The van der Waals surface area contributed by atoms with Gasteiger partial charge in [0.25, 0.3) is 5.91 Å². The second-order valence-electron chi connectivity index (χ2n) is 5.97. The van der Waals surface area contributed by atoms with Crippen LogP contribution in [0.2, 0.25) is 0 Å². The minimum Gasteiger partial charge on any atom is -0.508 e. The van der Waals surface area contributed by atoms with Crippen molar-refractivity contribution in [1.82, 2.24) is 5.32 Å². The van der Waals surface area contributed by atoms with Gasteiger partial charge in [0, 0.05) is 17.7 Å². The standard InChI is InChI=1S/C16H23NO3/c1-11-13(8-5-9-14(11)18)15(19)17-10-16(2,20)12-6-3-4-7-12/h5,8-9,12,18,20H,3-4,6-7,10H2,1-2H3,(H,17,19)/t16-/m1/s1. The smallest absolute Gasteiger partial charge is 0.251 e. The average Bonchev–Trinajstić information content (AvgIpc) is 2.94. The average molecular weight is 277 g/mol. The number of carbonyl (C=O) groups excluding carboxylic acids is 1. The van der Waals surface area contributed by atoms with Crippen molar-refractivity contribution >= 4 is 5.91 Å². The molecule has 0 heterocycles. The SMILES string of the molecule is Cc1c(O)cccc1C(=O)NC[C@@](C)(O)C1CCCC1. The zero-order valence-electron chi connectivity index (χ0n) is 12.1. The molecule has 1 saturated carbocycles. The summed E-state index contributed by atoms with van der Waals surface area (Å²) in [7, 11) is 0. The van der Waals surface area contributed by atoms with Crippen LogP contribution in [0.4, 0.5) is 0 Å². The normalized spacial score (nSPS) is 18.8. The summed E-state index contributed by atoms with van der Waals surface area (Å²) in [6, 6.07) is 4.88. The third kappa shape index (κ3) is 3.12. The van der Waals surface area contributed by atoms with Crippen molar-refractivity contribution in [3.8, 4) is 5.75 Å². The lowest BCUT2D eigenvalue weighted by Gasteiger charge is -2.30. The Kier molecular flexibility index (Phi) is 4.33. The summed E-state index contributed by atoms with van der Waals surface area (Å²) >= 11 is 0. The first-order chi connectivity index (χ1) is 9.42. The van der Waals surface area contributed by atoms with Crippen LogP contribution >= 0.6 is 0 Å². The summed E-state index contributed by atoms with van der Waals surface area (Å²) in [5.74, 6) is 0.116. The molecule has 3 N–H and O–H groups in total. The predicted molar refractivity (Wildman–Crippen MR) is 77.8 cm³/mol. The molecule has 0 saturated heterocycles. The lowest BCUT2D eigenvalue weighted by molar-refractivity contribution is 0.00284. The monoisotopic (exact) mass is 277 g/mol. The topological polar surface area (TPSA) is 69.6 Å². The van der Waals surface area contributed by atoms with Crippen LogP contribution in [0.25, 0.3) is 0 Å². The first-order valence-electron chi connectivity index (χ1n) is 7.21. The van der Waals surface area contributed by atoms with Gasteiger partial charge in [-0.3, -0.25) is 4.79 Å². The van der Waals surface area contributed by atoms with E-state index in [0.29, 0.717) is 11.1 Å². The lowest BCUT2D eigenvalue weighted by Crippen LogP contribution is -2.45. The van der Waals surface area contributed by atoms with Gasteiger partial charge in [-0.25, -0.2) is 0 Å². The number of nitrogens with one attached hydrogen (secondary N) is 1. The first kappa shape index (κ1) is 14.9. The molecule has 2 rings (SSSR count). The van der Waals surface area contributed by atoms with E-state index in [1.54, 1.807) is 32.0 Å². The zero-order valence-corrected chi connectivity index (χ0v) is 12.1. The van der Waals surface area contributed by atoms with Gasteiger partial charge in [-0.15, -0.1) is 0 Å². The number of rotatable bonds is 4. The Morgan fingerprint density at radius 2 is 2.05 bits per heavy atom. The fourth-order valence-corrected chi connectivity index (χ4v) is 2.92. The fraction of sp³-hybridized carbons (Fsp3) is 0.562. The number of aromatic hydroxyl groups is 1. The molecule has 4 nitrogen and oxygen atoms in total. The van der Waals surface area contributed by atoms with Crippen molar-refractivity contribution in [3.63, 3.8) is 0 Å². The van der Waals surface area contributed by atoms with Crippen LogP contribution < -0.4 is 5.32 Å². The highest BCUT2D eigenvalue weighted by atomic mass is 16.3. The van der Waals surface area contributed by atoms with E-state index in [2.05, 4.69) is 5.32 Å². The molecular weight excluding hydrogens is 254 g/mol. The Morgan fingerprint density at radius 3 is 2.70 bits per heavy atom. The minimum absolute atomic E-state index is 0.111. The van der Waals surface area contributed by atoms with Crippen molar-refractivity contribution in [2.24, 2.45) is 5.92 Å². The maximum atomic E-state index is 12.1. The third-order valence-corrected chi connectivity index (χ3v) is 4.39. The summed E-state index contributed by atoms with van der Waals surface area (Å²) in [6.07, 6.45) is 4.35. The van der Waals surface area contributed by atoms with Crippen molar-refractivity contribution in [3.05, 3.63) is 29.3 Å². The van der Waals surface area contributed by atoms with Gasteiger partial charge in [-0.2, -0.15) is 0 Å². The zero-order chi connectivity index (χ0) is 14.8. The Bertz CT molecular complexity index is 490. The number of carbonyl (C=O) groups is 1. The molecule has 0 radical (unpaired) electrons. The Hall–Kier alpha value is -1.55. The maximum Gasteiger partial charge on any atom is 0.251 e. The summed E-state index contributed by atoms with van der Waals surface area (Å²) in [5, 5.41) is 22.9. The Balaban J connectivity index is 1.99. The van der Waals surface area contributed by atoms with E-state index in [1.165, 1.54) is 0 Å². The van der Waals surface area contributed by atoms with Crippen LogP contribution in [0.5, 0.6) is 5.75 Å². The van der Waals surface area contributed by atoms with Crippen LogP contribution in [0.15, 0.2) is 18.2 Å². The number of aliphatic hydroxyl groups is 1. The number of phenols is 1. The van der Waals surface area contributed by atoms with Gasteiger partial charge in [0.15, 0.2) is 0 Å². The molecule has 1 aliphatic carbocycles. The molecule has 4 heteroatoms. The number of hydrogen-bond acceptors (Lipinski definition) is 3. The quantitative estimate of drug-likeness (QED) is 0.791. The second-order valence-corrected chi connectivity index (χ2v) is 5.97. The first-order valence-corrected chi connectivity index (χ1v) is 7.21. The van der Waals surface area contributed by atoms with Gasteiger partial charge in [-0.05, 0) is 44.7 Å². The molecule has 1 aromatic rings. The van der Waals surface area contributed by atoms with Gasteiger partial charge >= 0.3 is 0 Å². The molecule has 1 aromatic carbocycles. The molecule has 110 valence electrons. The molecule has 1 aliphatic rings. The summed E-state index contributed by atoms with van der Waals surface area (Å²) in [6.45, 7) is 3.74. The van der Waals surface area contributed by atoms with Gasteiger partial charge < -0.3 is 15.5 Å². The highest BCUT2D eigenvalue weighted by Gasteiger charge is 2.34. The molecule has 0 bridgehead atoms. The van der Waals surface area contributed by atoms with Crippen LogP contribution in [0, 0.1) is 12.8 Å². The highest BCUT2D eigenvalue weighted by Crippen LogP contribution is 2.33. The Morgan fingerprint density at radius 1 is 1.40 bits per heavy atom. The van der Waals surface area contributed by atoms with E-state index in [-0.39, 0.29) is 24.1 Å².